The van der Waals surface area contributed by atoms with Gasteiger partial charge in [0.15, 0.2) is 5.56 Å². The summed E-state index contributed by atoms with van der Waals surface area (Å²) < 4.78 is 5.27. The van der Waals surface area contributed by atoms with E-state index in [0.29, 0.717) is 5.75 Å². The van der Waals surface area contributed by atoms with Crippen molar-refractivity contribution in [3.05, 3.63) is 24.5 Å². The van der Waals surface area contributed by atoms with Gasteiger partial charge in [0, 0.05) is 6.20 Å². The van der Waals surface area contributed by atoms with Gasteiger partial charge in [-0.2, -0.15) is 0 Å². The third-order valence-electron chi connectivity index (χ3n) is 1.22. The Labute approximate surface area is 71.2 Å². The Hall–Kier alpha value is -0.760. The smallest absolute Gasteiger partial charge is 0.172 e. The summed E-state index contributed by atoms with van der Waals surface area (Å²) in [6.45, 7) is 1.97. The minimum Gasteiger partial charge on any atom is -0.473 e. The van der Waals surface area contributed by atoms with Crippen LogP contribution in [-0.2, 0) is 0 Å². The van der Waals surface area contributed by atoms with Crippen LogP contribution in [0.4, 0.5) is 0 Å². The van der Waals surface area contributed by atoms with E-state index in [1.54, 1.807) is 12.4 Å². The van der Waals surface area contributed by atoms with Gasteiger partial charge in [-0.3, -0.25) is 4.98 Å². The molecule has 0 aliphatic rings. The molecule has 1 heterocycles. The molecule has 11 heavy (non-hydrogen) atoms. The minimum atomic E-state index is -0.251. The molecule has 0 aliphatic carbocycles. The maximum atomic E-state index is 5.75. The molecule has 2 nitrogen and oxygen atoms in total. The van der Waals surface area contributed by atoms with Gasteiger partial charge in [-0.05, 0) is 18.6 Å². The Morgan fingerprint density at radius 1 is 1.73 bits per heavy atom. The lowest BCUT2D eigenvalue weighted by Gasteiger charge is -2.08. The number of nitrogens with zero attached hydrogens (tertiary/aromatic N) is 1. The topological polar surface area (TPSA) is 22.1 Å². The second kappa shape index (κ2) is 4.19. The van der Waals surface area contributed by atoms with Crippen molar-refractivity contribution in [1.82, 2.24) is 4.98 Å². The second-order valence-electron chi connectivity index (χ2n) is 2.12. The number of hydrogen-bond acceptors (Lipinski definition) is 2. The Morgan fingerprint density at radius 3 is 3.09 bits per heavy atom. The van der Waals surface area contributed by atoms with E-state index in [4.69, 9.17) is 16.3 Å². The van der Waals surface area contributed by atoms with Crippen molar-refractivity contribution in [2.45, 2.75) is 18.9 Å². The van der Waals surface area contributed by atoms with E-state index in [2.05, 4.69) is 4.98 Å². The molecule has 60 valence electrons. The highest BCUT2D eigenvalue weighted by Crippen LogP contribution is 2.12. The predicted molar refractivity (Wildman–Crippen MR) is 44.8 cm³/mol. The maximum Gasteiger partial charge on any atom is 0.172 e. The van der Waals surface area contributed by atoms with Gasteiger partial charge in [-0.1, -0.05) is 18.5 Å². The molecule has 1 aromatic rings. The van der Waals surface area contributed by atoms with Crippen LogP contribution < -0.4 is 4.74 Å². The van der Waals surface area contributed by atoms with E-state index < -0.39 is 0 Å². The molecule has 0 saturated heterocycles. The predicted octanol–water partition coefficient (Wildman–Crippen LogP) is 2.44. The van der Waals surface area contributed by atoms with E-state index in [-0.39, 0.29) is 5.56 Å². The van der Waals surface area contributed by atoms with Crippen LogP contribution in [0.1, 0.15) is 13.3 Å². The maximum absolute atomic E-state index is 5.75. The van der Waals surface area contributed by atoms with Gasteiger partial charge in [0.25, 0.3) is 0 Å². The zero-order valence-corrected chi connectivity index (χ0v) is 7.08. The van der Waals surface area contributed by atoms with Crippen LogP contribution >= 0.6 is 11.6 Å². The lowest BCUT2D eigenvalue weighted by molar-refractivity contribution is 0.276. The van der Waals surface area contributed by atoms with Crippen molar-refractivity contribution >= 4 is 11.6 Å². The summed E-state index contributed by atoms with van der Waals surface area (Å²) in [6.07, 6.45) is 4.13. The van der Waals surface area contributed by atoms with Crippen LogP contribution in [0.15, 0.2) is 24.5 Å². The third-order valence-corrected chi connectivity index (χ3v) is 1.62. The van der Waals surface area contributed by atoms with Crippen molar-refractivity contribution in [2.24, 2.45) is 0 Å². The Kier molecular flexibility index (Phi) is 3.17. The van der Waals surface area contributed by atoms with Gasteiger partial charge >= 0.3 is 0 Å². The van der Waals surface area contributed by atoms with Crippen LogP contribution in [0.25, 0.3) is 0 Å². The molecular weight excluding hydrogens is 162 g/mol. The molecule has 1 rings (SSSR count). The van der Waals surface area contributed by atoms with Crippen LogP contribution in [0.3, 0.4) is 0 Å². The first-order valence-electron chi connectivity index (χ1n) is 3.53. The van der Waals surface area contributed by atoms with Gasteiger partial charge in [0.2, 0.25) is 0 Å². The van der Waals surface area contributed by atoms with Gasteiger partial charge in [-0.15, -0.1) is 0 Å². The van der Waals surface area contributed by atoms with Crippen LogP contribution in [-0.4, -0.2) is 10.5 Å². The van der Waals surface area contributed by atoms with Crippen LogP contribution in [0.2, 0.25) is 0 Å². The third kappa shape index (κ3) is 2.76. The molecule has 1 unspecified atom stereocenters. The number of pyridine rings is 1. The molecule has 0 aliphatic heterocycles. The SMILES string of the molecule is CCC(Cl)Oc1cccnc1. The van der Waals surface area contributed by atoms with E-state index in [0.717, 1.165) is 6.42 Å². The standard InChI is InChI=1S/C8H10ClNO/c1-2-8(9)11-7-4-3-5-10-6-7/h3-6,8H,2H2,1H3. The van der Waals surface area contributed by atoms with E-state index in [9.17, 15) is 0 Å². The van der Waals surface area contributed by atoms with Gasteiger partial charge in [0.05, 0.1) is 6.20 Å². The van der Waals surface area contributed by atoms with Crippen molar-refractivity contribution < 1.29 is 4.74 Å². The summed E-state index contributed by atoms with van der Waals surface area (Å²) in [5.74, 6) is 0.717. The number of aromatic nitrogens is 1. The lowest BCUT2D eigenvalue weighted by atomic mass is 10.4. The number of rotatable bonds is 3. The zero-order chi connectivity index (χ0) is 8.10. The summed E-state index contributed by atoms with van der Waals surface area (Å²) in [5, 5.41) is 0. The average Bonchev–Trinajstić information content (AvgIpc) is 2.06. The van der Waals surface area contributed by atoms with Gasteiger partial charge < -0.3 is 4.74 Å². The fourth-order valence-corrected chi connectivity index (χ4v) is 0.751. The van der Waals surface area contributed by atoms with Crippen molar-refractivity contribution in [2.75, 3.05) is 0 Å². The monoisotopic (exact) mass is 171 g/mol. The molecule has 1 atom stereocenters. The quantitative estimate of drug-likeness (QED) is 0.652. The fraction of sp³-hybridized carbons (Fsp3) is 0.375. The normalized spacial score (nSPS) is 12.5. The Bertz CT molecular complexity index is 203. The zero-order valence-electron chi connectivity index (χ0n) is 6.33. The minimum absolute atomic E-state index is 0.251. The van der Waals surface area contributed by atoms with Crippen LogP contribution in [0.5, 0.6) is 5.75 Å². The molecule has 0 fully saturated rings. The lowest BCUT2D eigenvalue weighted by Crippen LogP contribution is -2.06. The fourth-order valence-electron chi connectivity index (χ4n) is 0.648. The number of alkyl halides is 1. The molecule has 0 amide bonds. The molecular formula is C8H10ClNO. The van der Waals surface area contributed by atoms with E-state index in [1.807, 2.05) is 19.1 Å². The highest BCUT2D eigenvalue weighted by Gasteiger charge is 2.00. The first-order valence-corrected chi connectivity index (χ1v) is 3.97. The molecule has 0 N–H and O–H groups in total. The van der Waals surface area contributed by atoms with Gasteiger partial charge in [0.1, 0.15) is 5.75 Å². The number of hydrogen-bond donors (Lipinski definition) is 0. The highest BCUT2D eigenvalue weighted by molar-refractivity contribution is 6.19. The molecule has 0 bridgehead atoms. The number of halogens is 1. The molecule has 0 radical (unpaired) electrons. The molecule has 0 spiro atoms. The molecule has 0 aromatic carbocycles. The molecule has 1 aromatic heterocycles. The number of ether oxygens (including phenoxy) is 1. The van der Waals surface area contributed by atoms with Crippen LogP contribution in [0, 0.1) is 0 Å². The summed E-state index contributed by atoms with van der Waals surface area (Å²) in [6, 6.07) is 3.65. The molecule has 3 heteroatoms. The largest absolute Gasteiger partial charge is 0.473 e. The Morgan fingerprint density at radius 2 is 2.55 bits per heavy atom. The first-order chi connectivity index (χ1) is 5.33. The van der Waals surface area contributed by atoms with E-state index in [1.165, 1.54) is 0 Å². The van der Waals surface area contributed by atoms with Crippen molar-refractivity contribution in [1.29, 1.82) is 0 Å². The first kappa shape index (κ1) is 8.34. The van der Waals surface area contributed by atoms with Crippen molar-refractivity contribution in [3.63, 3.8) is 0 Å². The van der Waals surface area contributed by atoms with E-state index >= 15 is 0 Å². The highest BCUT2D eigenvalue weighted by atomic mass is 35.5. The summed E-state index contributed by atoms with van der Waals surface area (Å²) >= 11 is 5.75. The van der Waals surface area contributed by atoms with Crippen molar-refractivity contribution in [3.8, 4) is 5.75 Å². The van der Waals surface area contributed by atoms with Gasteiger partial charge in [-0.25, -0.2) is 0 Å². The molecule has 0 saturated carbocycles. The summed E-state index contributed by atoms with van der Waals surface area (Å²) in [5.41, 5.74) is -0.251. The Balaban J connectivity index is 2.51. The summed E-state index contributed by atoms with van der Waals surface area (Å²) in [4.78, 5) is 3.89. The second-order valence-corrected chi connectivity index (χ2v) is 2.61. The summed E-state index contributed by atoms with van der Waals surface area (Å²) in [7, 11) is 0. The average molecular weight is 172 g/mol.